The Bertz CT molecular complexity index is 537. The molecule has 3 nitrogen and oxygen atoms in total. The molecule has 0 aliphatic rings. The molecule has 0 aliphatic heterocycles. The number of aryl methyl sites for hydroxylation is 1. The summed E-state index contributed by atoms with van der Waals surface area (Å²) in [6.45, 7) is 7.85. The smallest absolute Gasteiger partial charge is 0.124 e. The van der Waals surface area contributed by atoms with Crippen molar-refractivity contribution >= 4 is 11.3 Å². The van der Waals surface area contributed by atoms with Gasteiger partial charge in [0, 0.05) is 29.7 Å². The first kappa shape index (κ1) is 15.0. The topological polar surface area (TPSA) is 34.2 Å². The third kappa shape index (κ3) is 4.32. The molecule has 0 fully saturated rings. The van der Waals surface area contributed by atoms with E-state index in [-0.39, 0.29) is 6.10 Å². The number of aromatic nitrogens is 1. The first-order valence-electron chi connectivity index (χ1n) is 7.08. The highest BCUT2D eigenvalue weighted by molar-refractivity contribution is 7.11. The van der Waals surface area contributed by atoms with Crippen molar-refractivity contribution in [3.63, 3.8) is 0 Å². The minimum atomic E-state index is 0.197. The van der Waals surface area contributed by atoms with Gasteiger partial charge in [0.1, 0.15) is 10.8 Å². The summed E-state index contributed by atoms with van der Waals surface area (Å²) in [5.74, 6) is 0.961. The van der Waals surface area contributed by atoms with E-state index >= 15 is 0 Å². The second kappa shape index (κ2) is 7.41. The van der Waals surface area contributed by atoms with E-state index in [1.807, 2.05) is 38.2 Å². The van der Waals surface area contributed by atoms with Crippen LogP contribution in [0.2, 0.25) is 0 Å². The minimum absolute atomic E-state index is 0.197. The maximum Gasteiger partial charge on any atom is 0.124 e. The summed E-state index contributed by atoms with van der Waals surface area (Å²) in [7, 11) is 0. The number of nitrogens with zero attached hydrogens (tertiary/aromatic N) is 1. The molecule has 4 heteroatoms. The Balaban J connectivity index is 1.90. The first-order valence-corrected chi connectivity index (χ1v) is 7.89. The van der Waals surface area contributed by atoms with Crippen molar-refractivity contribution in [2.45, 2.75) is 46.4 Å². The Labute approximate surface area is 125 Å². The Morgan fingerprint density at radius 2 is 2.05 bits per heavy atom. The fraction of sp³-hybridized carbons (Fsp3) is 0.438. The highest BCUT2D eigenvalue weighted by Gasteiger charge is 2.05. The summed E-state index contributed by atoms with van der Waals surface area (Å²) < 4.78 is 5.82. The second-order valence-electron chi connectivity index (χ2n) is 4.95. The van der Waals surface area contributed by atoms with Gasteiger partial charge in [-0.3, -0.25) is 0 Å². The summed E-state index contributed by atoms with van der Waals surface area (Å²) in [6, 6.07) is 8.18. The summed E-state index contributed by atoms with van der Waals surface area (Å²) in [4.78, 5) is 5.75. The molecular formula is C16H22N2OS. The first-order chi connectivity index (χ1) is 9.69. The van der Waals surface area contributed by atoms with Crippen molar-refractivity contribution in [3.05, 3.63) is 45.9 Å². The van der Waals surface area contributed by atoms with Crippen LogP contribution in [0.15, 0.2) is 30.5 Å². The van der Waals surface area contributed by atoms with Gasteiger partial charge in [-0.1, -0.05) is 25.1 Å². The number of rotatable bonds is 7. The molecular weight excluding hydrogens is 268 g/mol. The third-order valence-electron chi connectivity index (χ3n) is 2.88. The molecule has 0 atom stereocenters. The van der Waals surface area contributed by atoms with Crippen molar-refractivity contribution in [3.8, 4) is 5.75 Å². The van der Waals surface area contributed by atoms with E-state index < -0.39 is 0 Å². The average molecular weight is 290 g/mol. The molecule has 2 rings (SSSR count). The van der Waals surface area contributed by atoms with Crippen LogP contribution in [0.5, 0.6) is 5.75 Å². The molecule has 20 heavy (non-hydrogen) atoms. The number of nitrogens with one attached hydrogen (secondary N) is 1. The molecule has 0 unspecified atom stereocenters. The summed E-state index contributed by atoms with van der Waals surface area (Å²) in [6.07, 6.45) is 3.22. The third-order valence-corrected chi connectivity index (χ3v) is 4.02. The fourth-order valence-electron chi connectivity index (χ4n) is 1.92. The molecule has 108 valence electrons. The van der Waals surface area contributed by atoms with Crippen LogP contribution in [0, 0.1) is 0 Å². The molecule has 0 bridgehead atoms. The molecule has 0 aliphatic carbocycles. The molecule has 2 aromatic rings. The largest absolute Gasteiger partial charge is 0.491 e. The lowest BCUT2D eigenvalue weighted by atomic mass is 10.2. The van der Waals surface area contributed by atoms with Gasteiger partial charge in [-0.2, -0.15) is 0 Å². The quantitative estimate of drug-likeness (QED) is 0.842. The van der Waals surface area contributed by atoms with Gasteiger partial charge >= 0.3 is 0 Å². The highest BCUT2D eigenvalue weighted by Crippen LogP contribution is 2.19. The van der Waals surface area contributed by atoms with Gasteiger partial charge in [0.25, 0.3) is 0 Å². The lowest BCUT2D eigenvalue weighted by molar-refractivity contribution is 0.239. The Morgan fingerprint density at radius 3 is 2.75 bits per heavy atom. The van der Waals surface area contributed by atoms with Crippen LogP contribution in [0.3, 0.4) is 0 Å². The van der Waals surface area contributed by atoms with Gasteiger partial charge < -0.3 is 10.1 Å². The molecule has 0 spiro atoms. The molecule has 0 saturated carbocycles. The zero-order valence-electron chi connectivity index (χ0n) is 12.3. The van der Waals surface area contributed by atoms with Gasteiger partial charge in [0.2, 0.25) is 0 Å². The van der Waals surface area contributed by atoms with Gasteiger partial charge in [-0.25, -0.2) is 4.98 Å². The maximum atomic E-state index is 5.82. The maximum absolute atomic E-state index is 5.82. The van der Waals surface area contributed by atoms with Crippen LogP contribution in [0.25, 0.3) is 0 Å². The Morgan fingerprint density at radius 1 is 1.25 bits per heavy atom. The van der Waals surface area contributed by atoms with Crippen LogP contribution >= 0.6 is 11.3 Å². The Hall–Kier alpha value is -1.39. The van der Waals surface area contributed by atoms with Crippen molar-refractivity contribution in [1.29, 1.82) is 0 Å². The lowest BCUT2D eigenvalue weighted by Gasteiger charge is -2.14. The van der Waals surface area contributed by atoms with Crippen molar-refractivity contribution < 1.29 is 4.74 Å². The second-order valence-corrected chi connectivity index (χ2v) is 6.15. The van der Waals surface area contributed by atoms with Crippen molar-refractivity contribution in [1.82, 2.24) is 10.3 Å². The van der Waals surface area contributed by atoms with E-state index in [2.05, 4.69) is 23.3 Å². The number of hydrogen-bond acceptors (Lipinski definition) is 4. The molecule has 1 aromatic heterocycles. The highest BCUT2D eigenvalue weighted by atomic mass is 32.1. The van der Waals surface area contributed by atoms with E-state index in [1.54, 1.807) is 11.3 Å². The zero-order valence-corrected chi connectivity index (χ0v) is 13.2. The standard InChI is InChI=1S/C16H22N2OS/c1-4-14-10-18-16(20-14)11-17-9-13-7-5-6-8-15(13)19-12(2)3/h5-8,10,12,17H,4,9,11H2,1-3H3. The number of para-hydroxylation sites is 1. The van der Waals surface area contributed by atoms with Gasteiger partial charge in [0.05, 0.1) is 6.10 Å². The van der Waals surface area contributed by atoms with Gasteiger partial charge in [-0.05, 0) is 26.3 Å². The average Bonchev–Trinajstić information content (AvgIpc) is 2.88. The molecule has 0 radical (unpaired) electrons. The molecule has 1 heterocycles. The van der Waals surface area contributed by atoms with Crippen molar-refractivity contribution in [2.24, 2.45) is 0 Å². The Kier molecular flexibility index (Phi) is 5.56. The fourth-order valence-corrected chi connectivity index (χ4v) is 2.75. The normalized spacial score (nSPS) is 11.0. The monoisotopic (exact) mass is 290 g/mol. The van der Waals surface area contributed by atoms with Gasteiger partial charge in [-0.15, -0.1) is 11.3 Å². The van der Waals surface area contributed by atoms with E-state index in [4.69, 9.17) is 4.74 Å². The summed E-state index contributed by atoms with van der Waals surface area (Å²) in [5, 5.41) is 4.58. The summed E-state index contributed by atoms with van der Waals surface area (Å²) in [5.41, 5.74) is 1.19. The predicted octanol–water partition coefficient (Wildman–Crippen LogP) is 3.78. The van der Waals surface area contributed by atoms with E-state index in [0.29, 0.717) is 0 Å². The SMILES string of the molecule is CCc1cnc(CNCc2ccccc2OC(C)C)s1. The number of ether oxygens (including phenoxy) is 1. The van der Waals surface area contributed by atoms with Crippen LogP contribution < -0.4 is 10.1 Å². The number of thiazole rings is 1. The molecule has 1 aromatic carbocycles. The minimum Gasteiger partial charge on any atom is -0.491 e. The van der Waals surface area contributed by atoms with Gasteiger partial charge in [0.15, 0.2) is 0 Å². The number of hydrogen-bond donors (Lipinski definition) is 1. The molecule has 0 saturated heterocycles. The summed E-state index contributed by atoms with van der Waals surface area (Å²) >= 11 is 1.78. The van der Waals surface area contributed by atoms with Crippen LogP contribution in [0.4, 0.5) is 0 Å². The van der Waals surface area contributed by atoms with Crippen molar-refractivity contribution in [2.75, 3.05) is 0 Å². The van der Waals surface area contributed by atoms with Crippen LogP contribution in [-0.2, 0) is 19.5 Å². The van der Waals surface area contributed by atoms with E-state index in [9.17, 15) is 0 Å². The molecule has 1 N–H and O–H groups in total. The predicted molar refractivity (Wildman–Crippen MR) is 84.2 cm³/mol. The van der Waals surface area contributed by atoms with E-state index in [0.717, 1.165) is 30.3 Å². The number of benzene rings is 1. The van der Waals surface area contributed by atoms with Crippen LogP contribution in [-0.4, -0.2) is 11.1 Å². The zero-order chi connectivity index (χ0) is 14.4. The van der Waals surface area contributed by atoms with E-state index in [1.165, 1.54) is 10.4 Å². The van der Waals surface area contributed by atoms with Crippen LogP contribution in [0.1, 0.15) is 36.2 Å². The molecule has 0 amide bonds. The lowest BCUT2D eigenvalue weighted by Crippen LogP contribution is -2.14.